The van der Waals surface area contributed by atoms with Gasteiger partial charge in [-0.25, -0.2) is 0 Å². The molecule has 0 radical (unpaired) electrons. The van der Waals surface area contributed by atoms with Gasteiger partial charge in [-0.05, 0) is 50.2 Å². The van der Waals surface area contributed by atoms with Crippen molar-refractivity contribution in [1.29, 1.82) is 0 Å². The number of hydrogen-bond acceptors (Lipinski definition) is 4. The molecule has 146 valence electrons. The Morgan fingerprint density at radius 2 is 1.65 bits per heavy atom. The molecule has 2 amide bonds. The van der Waals surface area contributed by atoms with Crippen LogP contribution in [0, 0.1) is 5.92 Å². The van der Waals surface area contributed by atoms with E-state index in [1.165, 1.54) is 0 Å². The normalized spacial score (nSPS) is 13.4. The van der Waals surface area contributed by atoms with E-state index in [9.17, 15) is 9.59 Å². The molecule has 6 heteroatoms. The fraction of sp³-hybridized carbons (Fsp3) is 0.600. The van der Waals surface area contributed by atoms with E-state index in [0.29, 0.717) is 17.9 Å². The summed E-state index contributed by atoms with van der Waals surface area (Å²) in [5, 5.41) is 5.82. The third-order valence-electron chi connectivity index (χ3n) is 4.60. The second-order valence-electron chi connectivity index (χ2n) is 6.74. The number of nitrogens with zero attached hydrogens (tertiary/aromatic N) is 1. The molecule has 1 rings (SSSR count). The van der Waals surface area contributed by atoms with Crippen LogP contribution in [0.1, 0.15) is 45.0 Å². The van der Waals surface area contributed by atoms with Gasteiger partial charge >= 0.3 is 0 Å². The quantitative estimate of drug-likeness (QED) is 0.669. The maximum absolute atomic E-state index is 12.6. The maximum Gasteiger partial charge on any atom is 0.251 e. The average molecular weight is 364 g/mol. The number of carbonyl (C=O) groups is 2. The van der Waals surface area contributed by atoms with Crippen molar-refractivity contribution < 1.29 is 14.3 Å². The standard InChI is InChI=1S/C20H33N3O3/c1-7-23(8-2)15(5)13-21-20(25)18(14(3)4)22-19(24)16-9-11-17(26-6)12-10-16/h9-12,14-15,18H,7-8,13H2,1-6H3,(H,21,25)(H,22,24). The molecular weight excluding hydrogens is 330 g/mol. The summed E-state index contributed by atoms with van der Waals surface area (Å²) in [5.74, 6) is 0.255. The monoisotopic (exact) mass is 363 g/mol. The van der Waals surface area contributed by atoms with E-state index in [2.05, 4.69) is 36.3 Å². The number of ether oxygens (including phenoxy) is 1. The van der Waals surface area contributed by atoms with Crippen molar-refractivity contribution >= 4 is 11.8 Å². The number of hydrogen-bond donors (Lipinski definition) is 2. The van der Waals surface area contributed by atoms with E-state index in [1.54, 1.807) is 31.4 Å². The molecule has 26 heavy (non-hydrogen) atoms. The van der Waals surface area contributed by atoms with Crippen LogP contribution in [0.15, 0.2) is 24.3 Å². The molecule has 0 aromatic heterocycles. The van der Waals surface area contributed by atoms with Gasteiger partial charge in [0.05, 0.1) is 7.11 Å². The second kappa shape index (κ2) is 10.8. The maximum atomic E-state index is 12.6. The van der Waals surface area contributed by atoms with Gasteiger partial charge in [0, 0.05) is 18.2 Å². The summed E-state index contributed by atoms with van der Waals surface area (Å²) >= 11 is 0. The summed E-state index contributed by atoms with van der Waals surface area (Å²) in [5.41, 5.74) is 0.501. The molecule has 0 aliphatic rings. The summed E-state index contributed by atoms with van der Waals surface area (Å²) in [4.78, 5) is 27.3. The van der Waals surface area contributed by atoms with Gasteiger partial charge in [-0.15, -0.1) is 0 Å². The van der Waals surface area contributed by atoms with Crippen molar-refractivity contribution in [2.24, 2.45) is 5.92 Å². The summed E-state index contributed by atoms with van der Waals surface area (Å²) in [6.45, 7) is 12.6. The minimum absolute atomic E-state index is 0.0130. The Hall–Kier alpha value is -2.08. The summed E-state index contributed by atoms with van der Waals surface area (Å²) in [6.07, 6.45) is 0. The van der Waals surface area contributed by atoms with Crippen molar-refractivity contribution in [3.05, 3.63) is 29.8 Å². The van der Waals surface area contributed by atoms with Gasteiger partial charge in [-0.1, -0.05) is 27.7 Å². The molecule has 0 saturated carbocycles. The molecule has 0 heterocycles. The Morgan fingerprint density at radius 1 is 1.08 bits per heavy atom. The molecule has 0 aliphatic carbocycles. The first-order valence-electron chi connectivity index (χ1n) is 9.30. The van der Waals surface area contributed by atoms with Gasteiger partial charge < -0.3 is 15.4 Å². The first-order chi connectivity index (χ1) is 12.3. The number of amides is 2. The van der Waals surface area contributed by atoms with Crippen molar-refractivity contribution in [1.82, 2.24) is 15.5 Å². The highest BCUT2D eigenvalue weighted by atomic mass is 16.5. The van der Waals surface area contributed by atoms with Gasteiger partial charge in [0.1, 0.15) is 11.8 Å². The lowest BCUT2D eigenvalue weighted by molar-refractivity contribution is -0.124. The summed E-state index contributed by atoms with van der Waals surface area (Å²) in [6, 6.07) is 6.50. The third kappa shape index (κ3) is 6.33. The first-order valence-corrected chi connectivity index (χ1v) is 9.30. The molecule has 2 atom stereocenters. The van der Waals surface area contributed by atoms with Crippen molar-refractivity contribution in [2.75, 3.05) is 26.7 Å². The van der Waals surface area contributed by atoms with Gasteiger partial charge in [0.25, 0.3) is 5.91 Å². The number of carbonyl (C=O) groups excluding carboxylic acids is 2. The number of benzene rings is 1. The molecule has 0 spiro atoms. The summed E-state index contributed by atoms with van der Waals surface area (Å²) in [7, 11) is 1.58. The Balaban J connectivity index is 2.69. The van der Waals surface area contributed by atoms with E-state index in [1.807, 2.05) is 13.8 Å². The van der Waals surface area contributed by atoms with E-state index in [4.69, 9.17) is 4.74 Å². The molecule has 6 nitrogen and oxygen atoms in total. The second-order valence-corrected chi connectivity index (χ2v) is 6.74. The van der Waals surface area contributed by atoms with E-state index >= 15 is 0 Å². The van der Waals surface area contributed by atoms with Crippen LogP contribution in [-0.4, -0.2) is 55.5 Å². The average Bonchev–Trinajstić information content (AvgIpc) is 2.64. The fourth-order valence-corrected chi connectivity index (χ4v) is 2.84. The lowest BCUT2D eigenvalue weighted by Gasteiger charge is -2.28. The number of methoxy groups -OCH3 is 1. The van der Waals surface area contributed by atoms with Crippen LogP contribution >= 0.6 is 0 Å². The number of rotatable bonds is 10. The Labute approximate surface area is 157 Å². The molecule has 0 fully saturated rings. The molecule has 1 aromatic carbocycles. The molecule has 0 aliphatic heterocycles. The van der Waals surface area contributed by atoms with Crippen LogP contribution in [0.5, 0.6) is 5.75 Å². The molecule has 1 aromatic rings. The predicted molar refractivity (Wildman–Crippen MR) is 104 cm³/mol. The zero-order valence-electron chi connectivity index (χ0n) is 16.8. The van der Waals surface area contributed by atoms with E-state index < -0.39 is 6.04 Å². The van der Waals surface area contributed by atoms with Crippen LogP contribution in [-0.2, 0) is 4.79 Å². The van der Waals surface area contributed by atoms with Crippen LogP contribution in [0.4, 0.5) is 0 Å². The first kappa shape index (κ1) is 22.0. The van der Waals surface area contributed by atoms with E-state index in [0.717, 1.165) is 13.1 Å². The molecular formula is C20H33N3O3. The Kier molecular flexibility index (Phi) is 9.13. The lowest BCUT2D eigenvalue weighted by Crippen LogP contribution is -2.52. The van der Waals surface area contributed by atoms with Crippen molar-refractivity contribution in [3.63, 3.8) is 0 Å². The summed E-state index contributed by atoms with van der Waals surface area (Å²) < 4.78 is 5.10. The van der Waals surface area contributed by atoms with Crippen LogP contribution in [0.2, 0.25) is 0 Å². The van der Waals surface area contributed by atoms with Crippen molar-refractivity contribution in [2.45, 2.75) is 46.7 Å². The Morgan fingerprint density at radius 3 is 2.12 bits per heavy atom. The zero-order valence-corrected chi connectivity index (χ0v) is 16.8. The highest BCUT2D eigenvalue weighted by Gasteiger charge is 2.25. The SMILES string of the molecule is CCN(CC)C(C)CNC(=O)C(NC(=O)c1ccc(OC)cc1)C(C)C. The highest BCUT2D eigenvalue weighted by Crippen LogP contribution is 2.12. The smallest absolute Gasteiger partial charge is 0.251 e. The van der Waals surface area contributed by atoms with Gasteiger partial charge in [0.2, 0.25) is 5.91 Å². The van der Waals surface area contributed by atoms with Crippen LogP contribution in [0.3, 0.4) is 0 Å². The lowest BCUT2D eigenvalue weighted by atomic mass is 10.0. The van der Waals surface area contributed by atoms with E-state index in [-0.39, 0.29) is 23.8 Å². The molecule has 2 unspecified atom stereocenters. The minimum atomic E-state index is -0.575. The van der Waals surface area contributed by atoms with Crippen molar-refractivity contribution in [3.8, 4) is 5.75 Å². The highest BCUT2D eigenvalue weighted by molar-refractivity contribution is 5.97. The third-order valence-corrected chi connectivity index (χ3v) is 4.60. The predicted octanol–water partition coefficient (Wildman–Crippen LogP) is 2.30. The fourth-order valence-electron chi connectivity index (χ4n) is 2.84. The van der Waals surface area contributed by atoms with Gasteiger partial charge in [-0.2, -0.15) is 0 Å². The largest absolute Gasteiger partial charge is 0.497 e. The number of likely N-dealkylation sites (N-methyl/N-ethyl adjacent to an activating group) is 1. The van der Waals surface area contributed by atoms with Crippen LogP contribution < -0.4 is 15.4 Å². The molecule has 0 saturated heterocycles. The topological polar surface area (TPSA) is 70.7 Å². The van der Waals surface area contributed by atoms with Crippen LogP contribution in [0.25, 0.3) is 0 Å². The minimum Gasteiger partial charge on any atom is -0.497 e. The zero-order chi connectivity index (χ0) is 19.7. The number of nitrogens with one attached hydrogen (secondary N) is 2. The van der Waals surface area contributed by atoms with Gasteiger partial charge in [-0.3, -0.25) is 14.5 Å². The van der Waals surface area contributed by atoms with Gasteiger partial charge in [0.15, 0.2) is 0 Å². The molecule has 0 bridgehead atoms. The Bertz CT molecular complexity index is 568. The molecule has 2 N–H and O–H groups in total.